The van der Waals surface area contributed by atoms with Gasteiger partial charge in [-0.3, -0.25) is 9.59 Å². The summed E-state index contributed by atoms with van der Waals surface area (Å²) in [5.41, 5.74) is 0. The van der Waals surface area contributed by atoms with Crippen molar-refractivity contribution in [3.8, 4) is 0 Å². The van der Waals surface area contributed by atoms with Crippen molar-refractivity contribution in [3.05, 3.63) is 0 Å². The zero-order valence-corrected chi connectivity index (χ0v) is 29.3. The molecule has 0 saturated heterocycles. The molecule has 1 N–H and O–H groups in total. The standard InChI is InChI=1S/C39H76O4/c1-3-5-7-9-10-11-12-13-14-15-16-17-18-19-20-21-22-23-24-25-26-27-32-36-39(42)43-37(33-29-8-6-4-2)34-30-28-31-35-38(40)41/h37H,3-36H2,1-2H3,(H,40,41). The summed E-state index contributed by atoms with van der Waals surface area (Å²) in [5.74, 6) is -0.757. The Morgan fingerprint density at radius 3 is 1.05 bits per heavy atom. The van der Waals surface area contributed by atoms with Gasteiger partial charge in [-0.05, 0) is 38.5 Å². The minimum Gasteiger partial charge on any atom is -0.481 e. The number of carbonyl (C=O) groups is 2. The Morgan fingerprint density at radius 1 is 0.419 bits per heavy atom. The zero-order chi connectivity index (χ0) is 31.5. The van der Waals surface area contributed by atoms with Crippen LogP contribution in [0.3, 0.4) is 0 Å². The van der Waals surface area contributed by atoms with E-state index in [0.29, 0.717) is 12.8 Å². The average Bonchev–Trinajstić information content (AvgIpc) is 2.99. The minimum absolute atomic E-state index is 0.0127. The van der Waals surface area contributed by atoms with Crippen LogP contribution in [0.4, 0.5) is 0 Å². The summed E-state index contributed by atoms with van der Waals surface area (Å²) in [6.07, 6.45) is 41.6. The second-order valence-corrected chi connectivity index (χ2v) is 13.5. The predicted molar refractivity (Wildman–Crippen MR) is 186 cm³/mol. The number of rotatable bonds is 36. The van der Waals surface area contributed by atoms with Crippen molar-refractivity contribution < 1.29 is 19.4 Å². The van der Waals surface area contributed by atoms with Gasteiger partial charge in [0, 0.05) is 12.8 Å². The molecule has 0 aromatic heterocycles. The van der Waals surface area contributed by atoms with Crippen molar-refractivity contribution in [1.29, 1.82) is 0 Å². The third-order valence-corrected chi connectivity index (χ3v) is 9.08. The molecular formula is C39H76O4. The van der Waals surface area contributed by atoms with Crippen LogP contribution in [0.5, 0.6) is 0 Å². The van der Waals surface area contributed by atoms with Crippen LogP contribution in [0.15, 0.2) is 0 Å². The lowest BCUT2D eigenvalue weighted by Gasteiger charge is -2.18. The maximum Gasteiger partial charge on any atom is 0.306 e. The van der Waals surface area contributed by atoms with Crippen LogP contribution >= 0.6 is 0 Å². The van der Waals surface area contributed by atoms with Crippen LogP contribution < -0.4 is 0 Å². The number of hydrogen-bond acceptors (Lipinski definition) is 3. The maximum atomic E-state index is 12.4. The van der Waals surface area contributed by atoms with E-state index in [9.17, 15) is 9.59 Å². The van der Waals surface area contributed by atoms with Gasteiger partial charge in [0.15, 0.2) is 0 Å². The average molecular weight is 609 g/mol. The van der Waals surface area contributed by atoms with Gasteiger partial charge in [0.05, 0.1) is 0 Å². The van der Waals surface area contributed by atoms with Gasteiger partial charge in [-0.2, -0.15) is 0 Å². The molecule has 1 unspecified atom stereocenters. The molecule has 0 rings (SSSR count). The Hall–Kier alpha value is -1.06. The molecule has 0 aliphatic rings. The number of esters is 1. The molecule has 0 radical (unpaired) electrons. The highest BCUT2D eigenvalue weighted by atomic mass is 16.5. The fraction of sp³-hybridized carbons (Fsp3) is 0.949. The first-order chi connectivity index (χ1) is 21.1. The first-order valence-electron chi connectivity index (χ1n) is 19.5. The predicted octanol–water partition coefficient (Wildman–Crippen LogP) is 13.3. The van der Waals surface area contributed by atoms with Crippen molar-refractivity contribution in [1.82, 2.24) is 0 Å². The SMILES string of the molecule is CCCCCCCCCCCCCCCCCCCCCCCCCC(=O)OC(CCCCCC)CCCCCC(=O)O. The number of hydrogen-bond donors (Lipinski definition) is 1. The van der Waals surface area contributed by atoms with E-state index in [-0.39, 0.29) is 18.5 Å². The highest BCUT2D eigenvalue weighted by Crippen LogP contribution is 2.18. The Balaban J connectivity index is 3.52. The smallest absolute Gasteiger partial charge is 0.306 e. The highest BCUT2D eigenvalue weighted by molar-refractivity contribution is 5.69. The highest BCUT2D eigenvalue weighted by Gasteiger charge is 2.14. The molecule has 0 saturated carbocycles. The molecule has 0 bridgehead atoms. The molecule has 0 aromatic carbocycles. The Morgan fingerprint density at radius 2 is 0.698 bits per heavy atom. The van der Waals surface area contributed by atoms with E-state index in [1.54, 1.807) is 0 Å². The first kappa shape index (κ1) is 41.9. The fourth-order valence-electron chi connectivity index (χ4n) is 6.19. The summed E-state index contributed by atoms with van der Waals surface area (Å²) in [4.78, 5) is 23.1. The summed E-state index contributed by atoms with van der Waals surface area (Å²) in [7, 11) is 0. The van der Waals surface area contributed by atoms with E-state index in [1.807, 2.05) is 0 Å². The molecule has 0 aromatic rings. The van der Waals surface area contributed by atoms with Crippen LogP contribution in [-0.2, 0) is 14.3 Å². The van der Waals surface area contributed by atoms with E-state index >= 15 is 0 Å². The molecular weight excluding hydrogens is 532 g/mol. The lowest BCUT2D eigenvalue weighted by molar-refractivity contribution is -0.150. The molecule has 0 aliphatic heterocycles. The summed E-state index contributed by atoms with van der Waals surface area (Å²) < 4.78 is 5.85. The first-order valence-corrected chi connectivity index (χ1v) is 19.5. The summed E-state index contributed by atoms with van der Waals surface area (Å²) in [6, 6.07) is 0. The number of carboxylic acids is 1. The van der Waals surface area contributed by atoms with Crippen molar-refractivity contribution in [3.63, 3.8) is 0 Å². The molecule has 0 amide bonds. The molecule has 0 aliphatic carbocycles. The van der Waals surface area contributed by atoms with Gasteiger partial charge in [0.1, 0.15) is 6.10 Å². The zero-order valence-electron chi connectivity index (χ0n) is 29.3. The number of unbranched alkanes of at least 4 members (excludes halogenated alkanes) is 27. The summed E-state index contributed by atoms with van der Waals surface area (Å²) in [5, 5.41) is 8.81. The van der Waals surface area contributed by atoms with Crippen molar-refractivity contribution in [2.45, 2.75) is 238 Å². The molecule has 43 heavy (non-hydrogen) atoms. The Bertz CT molecular complexity index is 576. The third-order valence-electron chi connectivity index (χ3n) is 9.08. The van der Waals surface area contributed by atoms with E-state index in [4.69, 9.17) is 9.84 Å². The van der Waals surface area contributed by atoms with Gasteiger partial charge in [-0.15, -0.1) is 0 Å². The number of carbonyl (C=O) groups excluding carboxylic acids is 1. The summed E-state index contributed by atoms with van der Waals surface area (Å²) >= 11 is 0. The summed E-state index contributed by atoms with van der Waals surface area (Å²) in [6.45, 7) is 4.50. The van der Waals surface area contributed by atoms with E-state index in [1.165, 1.54) is 154 Å². The number of aliphatic carboxylic acids is 1. The van der Waals surface area contributed by atoms with Crippen molar-refractivity contribution in [2.24, 2.45) is 0 Å². The van der Waals surface area contributed by atoms with Gasteiger partial charge >= 0.3 is 11.9 Å². The Kier molecular flexibility index (Phi) is 34.5. The quantitative estimate of drug-likeness (QED) is 0.0567. The van der Waals surface area contributed by atoms with Crippen LogP contribution in [-0.4, -0.2) is 23.1 Å². The van der Waals surface area contributed by atoms with Crippen LogP contribution in [0, 0.1) is 0 Å². The van der Waals surface area contributed by atoms with Gasteiger partial charge < -0.3 is 9.84 Å². The lowest BCUT2D eigenvalue weighted by Crippen LogP contribution is -2.18. The van der Waals surface area contributed by atoms with E-state index in [0.717, 1.165) is 44.9 Å². The lowest BCUT2D eigenvalue weighted by atomic mass is 10.0. The van der Waals surface area contributed by atoms with Crippen LogP contribution in [0.1, 0.15) is 232 Å². The van der Waals surface area contributed by atoms with Crippen molar-refractivity contribution in [2.75, 3.05) is 0 Å². The molecule has 256 valence electrons. The second kappa shape index (κ2) is 35.4. The topological polar surface area (TPSA) is 63.6 Å². The minimum atomic E-state index is -0.724. The monoisotopic (exact) mass is 609 g/mol. The molecule has 0 fully saturated rings. The normalized spacial score (nSPS) is 12.0. The van der Waals surface area contributed by atoms with E-state index < -0.39 is 5.97 Å². The van der Waals surface area contributed by atoms with Crippen molar-refractivity contribution >= 4 is 11.9 Å². The van der Waals surface area contributed by atoms with Gasteiger partial charge in [0.2, 0.25) is 0 Å². The van der Waals surface area contributed by atoms with E-state index in [2.05, 4.69) is 13.8 Å². The molecule has 1 atom stereocenters. The fourth-order valence-corrected chi connectivity index (χ4v) is 6.19. The molecule has 4 heteroatoms. The third kappa shape index (κ3) is 35.3. The number of carboxylic acid groups (broad SMARTS) is 1. The van der Waals surface area contributed by atoms with Gasteiger partial charge in [0.25, 0.3) is 0 Å². The molecule has 4 nitrogen and oxygen atoms in total. The molecule has 0 spiro atoms. The maximum absolute atomic E-state index is 12.4. The second-order valence-electron chi connectivity index (χ2n) is 13.5. The largest absolute Gasteiger partial charge is 0.481 e. The van der Waals surface area contributed by atoms with Gasteiger partial charge in [-0.1, -0.05) is 181 Å². The van der Waals surface area contributed by atoms with Crippen LogP contribution in [0.2, 0.25) is 0 Å². The Labute approximate surface area is 269 Å². The number of ether oxygens (including phenoxy) is 1. The van der Waals surface area contributed by atoms with Gasteiger partial charge in [-0.25, -0.2) is 0 Å². The molecule has 0 heterocycles. The van der Waals surface area contributed by atoms with Crippen LogP contribution in [0.25, 0.3) is 0 Å².